The van der Waals surface area contributed by atoms with Crippen LogP contribution in [0.2, 0.25) is 10.0 Å². The number of hydrogen-bond acceptors (Lipinski definition) is 5. The summed E-state index contributed by atoms with van der Waals surface area (Å²) in [6.07, 6.45) is 2.90. The van der Waals surface area contributed by atoms with Crippen LogP contribution in [-0.4, -0.2) is 39.4 Å². The first-order chi connectivity index (χ1) is 13.9. The SMILES string of the molecule is CCCCC1CN=C(Nc2nc(C)cc(C)n2)N1C(=O)Nc1ccc(Cl)c(Cl)c1. The number of benzene rings is 1. The third kappa shape index (κ3) is 5.36. The van der Waals surface area contributed by atoms with Crippen LogP contribution in [0.5, 0.6) is 0 Å². The van der Waals surface area contributed by atoms with Crippen molar-refractivity contribution in [1.29, 1.82) is 0 Å². The second-order valence-corrected chi connectivity index (χ2v) is 7.80. The first-order valence-corrected chi connectivity index (χ1v) is 10.3. The first-order valence-electron chi connectivity index (χ1n) is 9.56. The third-order valence-corrected chi connectivity index (χ3v) is 5.27. The number of guanidine groups is 1. The first kappa shape index (κ1) is 21.3. The molecule has 0 saturated heterocycles. The van der Waals surface area contributed by atoms with Gasteiger partial charge in [-0.1, -0.05) is 43.0 Å². The van der Waals surface area contributed by atoms with Crippen molar-refractivity contribution >= 4 is 46.8 Å². The van der Waals surface area contributed by atoms with Gasteiger partial charge in [0.15, 0.2) is 0 Å². The van der Waals surface area contributed by atoms with E-state index in [2.05, 4.69) is 32.5 Å². The Kier molecular flexibility index (Phi) is 6.92. The molecule has 2 aromatic rings. The van der Waals surface area contributed by atoms with E-state index in [1.54, 1.807) is 23.1 Å². The molecular formula is C20H24Cl2N6O. The molecule has 0 fully saturated rings. The van der Waals surface area contributed by atoms with Crippen LogP contribution in [-0.2, 0) is 0 Å². The number of aliphatic imine (C=N–C) groups is 1. The number of nitrogens with zero attached hydrogens (tertiary/aromatic N) is 4. The Bertz CT molecular complexity index is 913. The Balaban J connectivity index is 1.81. The molecule has 2 N–H and O–H groups in total. The fourth-order valence-electron chi connectivity index (χ4n) is 3.18. The molecule has 1 aliphatic rings. The lowest BCUT2D eigenvalue weighted by Crippen LogP contribution is -2.46. The number of aryl methyl sites for hydroxylation is 2. The van der Waals surface area contributed by atoms with E-state index in [1.807, 2.05) is 19.9 Å². The molecule has 1 aliphatic heterocycles. The zero-order valence-electron chi connectivity index (χ0n) is 16.7. The molecule has 1 aromatic heterocycles. The van der Waals surface area contributed by atoms with Crippen molar-refractivity contribution in [3.8, 4) is 0 Å². The van der Waals surface area contributed by atoms with E-state index in [9.17, 15) is 4.79 Å². The number of anilines is 2. The van der Waals surface area contributed by atoms with Gasteiger partial charge in [-0.2, -0.15) is 0 Å². The van der Waals surface area contributed by atoms with Crippen LogP contribution in [0.3, 0.4) is 0 Å². The van der Waals surface area contributed by atoms with Crippen LogP contribution in [0.25, 0.3) is 0 Å². The van der Waals surface area contributed by atoms with Crippen molar-refractivity contribution in [2.75, 3.05) is 17.2 Å². The van der Waals surface area contributed by atoms with Crippen molar-refractivity contribution in [3.63, 3.8) is 0 Å². The number of carbonyl (C=O) groups is 1. The van der Waals surface area contributed by atoms with Gasteiger partial charge in [-0.15, -0.1) is 0 Å². The van der Waals surface area contributed by atoms with Gasteiger partial charge in [0.2, 0.25) is 11.9 Å². The second kappa shape index (κ2) is 9.41. The molecule has 0 radical (unpaired) electrons. The minimum Gasteiger partial charge on any atom is -0.307 e. The number of nitrogens with one attached hydrogen (secondary N) is 2. The van der Waals surface area contributed by atoms with Crippen LogP contribution < -0.4 is 10.6 Å². The molecule has 0 bridgehead atoms. The summed E-state index contributed by atoms with van der Waals surface area (Å²) in [7, 11) is 0. The van der Waals surface area contributed by atoms with Gasteiger partial charge in [0.1, 0.15) is 0 Å². The summed E-state index contributed by atoms with van der Waals surface area (Å²) < 4.78 is 0. The lowest BCUT2D eigenvalue weighted by atomic mass is 10.1. The van der Waals surface area contributed by atoms with Crippen molar-refractivity contribution in [1.82, 2.24) is 14.9 Å². The highest BCUT2D eigenvalue weighted by atomic mass is 35.5. The minimum atomic E-state index is -0.294. The van der Waals surface area contributed by atoms with E-state index >= 15 is 0 Å². The van der Waals surface area contributed by atoms with Gasteiger partial charge in [0, 0.05) is 17.1 Å². The molecule has 1 unspecified atom stereocenters. The van der Waals surface area contributed by atoms with E-state index in [0.29, 0.717) is 34.2 Å². The van der Waals surface area contributed by atoms with E-state index < -0.39 is 0 Å². The number of hydrogen-bond donors (Lipinski definition) is 2. The highest BCUT2D eigenvalue weighted by molar-refractivity contribution is 6.42. The average molecular weight is 435 g/mol. The zero-order valence-corrected chi connectivity index (χ0v) is 18.2. The minimum absolute atomic E-state index is 0.0360. The summed E-state index contributed by atoms with van der Waals surface area (Å²) in [6, 6.07) is 6.54. The fourth-order valence-corrected chi connectivity index (χ4v) is 3.48. The molecule has 7 nitrogen and oxygen atoms in total. The third-order valence-electron chi connectivity index (χ3n) is 4.53. The molecule has 0 aliphatic carbocycles. The molecular weight excluding hydrogens is 411 g/mol. The van der Waals surface area contributed by atoms with Crippen molar-refractivity contribution < 1.29 is 4.79 Å². The van der Waals surface area contributed by atoms with E-state index in [1.165, 1.54) is 0 Å². The van der Waals surface area contributed by atoms with Crippen molar-refractivity contribution in [2.45, 2.75) is 46.1 Å². The topological polar surface area (TPSA) is 82.5 Å². The summed E-state index contributed by atoms with van der Waals surface area (Å²) in [5, 5.41) is 6.80. The fraction of sp³-hybridized carbons (Fsp3) is 0.400. The average Bonchev–Trinajstić information content (AvgIpc) is 3.04. The number of carbonyl (C=O) groups excluding carboxylic acids is 1. The summed E-state index contributed by atoms with van der Waals surface area (Å²) in [5.41, 5.74) is 2.24. The maximum absolute atomic E-state index is 13.1. The molecule has 9 heteroatoms. The molecule has 1 atom stereocenters. The van der Waals surface area contributed by atoms with Gasteiger partial charge in [-0.25, -0.2) is 14.8 Å². The lowest BCUT2D eigenvalue weighted by Gasteiger charge is -2.26. The van der Waals surface area contributed by atoms with E-state index in [0.717, 1.165) is 30.7 Å². The smallest absolute Gasteiger partial charge is 0.307 e. The molecule has 3 rings (SSSR count). The van der Waals surface area contributed by atoms with Crippen molar-refractivity contribution in [2.24, 2.45) is 4.99 Å². The van der Waals surface area contributed by atoms with Crippen LogP contribution in [0.15, 0.2) is 29.3 Å². The Morgan fingerprint density at radius 1 is 1.17 bits per heavy atom. The number of urea groups is 1. The molecule has 154 valence electrons. The molecule has 2 amide bonds. The monoisotopic (exact) mass is 434 g/mol. The molecule has 29 heavy (non-hydrogen) atoms. The Labute approximate surface area is 180 Å². The summed E-state index contributed by atoms with van der Waals surface area (Å²) in [6.45, 7) is 6.45. The Morgan fingerprint density at radius 2 is 1.90 bits per heavy atom. The van der Waals surface area contributed by atoms with Gasteiger partial charge in [-0.3, -0.25) is 15.2 Å². The molecule has 1 aromatic carbocycles. The van der Waals surface area contributed by atoms with Crippen LogP contribution in [0, 0.1) is 13.8 Å². The number of aromatic nitrogens is 2. The van der Waals surface area contributed by atoms with Gasteiger partial charge in [-0.05, 0) is 44.5 Å². The van der Waals surface area contributed by atoms with Crippen LogP contribution >= 0.6 is 23.2 Å². The Morgan fingerprint density at radius 3 is 2.55 bits per heavy atom. The summed E-state index contributed by atoms with van der Waals surface area (Å²) >= 11 is 12.0. The predicted molar refractivity (Wildman–Crippen MR) is 118 cm³/mol. The van der Waals surface area contributed by atoms with Gasteiger partial charge < -0.3 is 5.32 Å². The predicted octanol–water partition coefficient (Wildman–Crippen LogP) is 5.27. The van der Waals surface area contributed by atoms with Gasteiger partial charge in [0.05, 0.1) is 22.6 Å². The van der Waals surface area contributed by atoms with Gasteiger partial charge >= 0.3 is 6.03 Å². The molecule has 0 saturated carbocycles. The van der Waals surface area contributed by atoms with Gasteiger partial charge in [0.25, 0.3) is 0 Å². The molecule has 0 spiro atoms. The second-order valence-electron chi connectivity index (χ2n) is 6.99. The maximum Gasteiger partial charge on any atom is 0.328 e. The number of rotatable bonds is 5. The summed E-state index contributed by atoms with van der Waals surface area (Å²) in [4.78, 5) is 28.1. The number of halogens is 2. The van der Waals surface area contributed by atoms with E-state index in [4.69, 9.17) is 23.2 Å². The normalized spacial score (nSPS) is 16.0. The number of unbranched alkanes of at least 4 members (excludes halogenated alkanes) is 1. The zero-order chi connectivity index (χ0) is 21.0. The quantitative estimate of drug-likeness (QED) is 0.670. The highest BCUT2D eigenvalue weighted by Gasteiger charge is 2.33. The van der Waals surface area contributed by atoms with Crippen molar-refractivity contribution in [3.05, 3.63) is 45.7 Å². The van der Waals surface area contributed by atoms with Crippen LogP contribution in [0.1, 0.15) is 37.6 Å². The van der Waals surface area contributed by atoms with Crippen LogP contribution in [0.4, 0.5) is 16.4 Å². The molecule has 2 heterocycles. The lowest BCUT2D eigenvalue weighted by molar-refractivity contribution is 0.223. The maximum atomic E-state index is 13.1. The standard InChI is InChI=1S/C20H24Cl2N6O/c1-4-5-6-15-11-23-19(27-18-24-12(2)9-13(3)25-18)28(15)20(29)26-14-7-8-16(21)17(22)10-14/h7-10,15H,4-6,11H2,1-3H3,(H,26,29)(H,23,24,25,27). The van der Waals surface area contributed by atoms with E-state index in [-0.39, 0.29) is 12.1 Å². The highest BCUT2D eigenvalue weighted by Crippen LogP contribution is 2.26. The largest absolute Gasteiger partial charge is 0.328 e. The summed E-state index contributed by atoms with van der Waals surface area (Å²) in [5.74, 6) is 0.860. The number of amides is 2. The Hall–Kier alpha value is -2.38.